The first-order valence-corrected chi connectivity index (χ1v) is 8.15. The first-order chi connectivity index (χ1) is 11.5. The van der Waals surface area contributed by atoms with E-state index in [9.17, 15) is 9.59 Å². The van der Waals surface area contributed by atoms with E-state index < -0.39 is 5.69 Å². The molecule has 4 rings (SSSR count). The molecule has 3 heterocycles. The first kappa shape index (κ1) is 14.9. The zero-order chi connectivity index (χ0) is 17.0. The van der Waals surface area contributed by atoms with Crippen molar-refractivity contribution in [1.29, 1.82) is 0 Å². The van der Waals surface area contributed by atoms with Crippen LogP contribution in [0.4, 0.5) is 0 Å². The number of H-pyrrole nitrogens is 1. The van der Waals surface area contributed by atoms with Crippen molar-refractivity contribution >= 4 is 38.0 Å². The molecule has 0 aliphatic heterocycles. The van der Waals surface area contributed by atoms with Crippen molar-refractivity contribution in [2.24, 2.45) is 14.1 Å². The van der Waals surface area contributed by atoms with Crippen molar-refractivity contribution in [2.75, 3.05) is 0 Å². The van der Waals surface area contributed by atoms with Crippen molar-refractivity contribution in [1.82, 2.24) is 23.7 Å². The van der Waals surface area contributed by atoms with Gasteiger partial charge in [-0.15, -0.1) is 0 Å². The van der Waals surface area contributed by atoms with Gasteiger partial charge in [-0.05, 0) is 33.4 Å². The predicted molar refractivity (Wildman–Crippen MR) is 95.3 cm³/mol. The standard InChI is InChI=1S/C16H14BrN5O2/c1-20-12-13(19-15(20)17)21(2)16(24)22(14(12)23)8-10-7-9-5-3-4-6-11(9)18-10/h3-7,18H,8H2,1-2H3. The number of nitrogens with zero attached hydrogens (tertiary/aromatic N) is 4. The Kier molecular flexibility index (Phi) is 3.24. The van der Waals surface area contributed by atoms with E-state index in [1.165, 1.54) is 9.13 Å². The van der Waals surface area contributed by atoms with Crippen LogP contribution < -0.4 is 11.2 Å². The van der Waals surface area contributed by atoms with Crippen LogP contribution in [0.25, 0.3) is 22.1 Å². The molecular formula is C16H14BrN5O2. The van der Waals surface area contributed by atoms with Crippen LogP contribution in [0.15, 0.2) is 44.7 Å². The maximum Gasteiger partial charge on any atom is 0.332 e. The van der Waals surface area contributed by atoms with Crippen LogP contribution in [-0.2, 0) is 20.6 Å². The first-order valence-electron chi connectivity index (χ1n) is 7.35. The number of hydrogen-bond donors (Lipinski definition) is 1. The van der Waals surface area contributed by atoms with Crippen LogP contribution in [0.2, 0.25) is 0 Å². The van der Waals surface area contributed by atoms with E-state index in [0.29, 0.717) is 15.9 Å². The summed E-state index contributed by atoms with van der Waals surface area (Å²) in [5.41, 5.74) is 1.79. The fourth-order valence-electron chi connectivity index (χ4n) is 2.95. The lowest BCUT2D eigenvalue weighted by atomic mass is 10.2. The largest absolute Gasteiger partial charge is 0.357 e. The Morgan fingerprint density at radius 3 is 2.67 bits per heavy atom. The van der Waals surface area contributed by atoms with E-state index in [-0.39, 0.29) is 12.1 Å². The summed E-state index contributed by atoms with van der Waals surface area (Å²) in [7, 11) is 3.35. The molecule has 0 aliphatic rings. The van der Waals surface area contributed by atoms with Crippen molar-refractivity contribution in [3.8, 4) is 0 Å². The molecule has 24 heavy (non-hydrogen) atoms. The molecule has 0 spiro atoms. The molecule has 8 heteroatoms. The van der Waals surface area contributed by atoms with Gasteiger partial charge >= 0.3 is 5.69 Å². The third kappa shape index (κ3) is 2.06. The maximum atomic E-state index is 12.8. The van der Waals surface area contributed by atoms with Gasteiger partial charge in [-0.2, -0.15) is 0 Å². The van der Waals surface area contributed by atoms with Crippen molar-refractivity contribution in [3.63, 3.8) is 0 Å². The van der Waals surface area contributed by atoms with E-state index >= 15 is 0 Å². The predicted octanol–water partition coefficient (Wildman–Crippen LogP) is 1.73. The van der Waals surface area contributed by atoms with Gasteiger partial charge in [0, 0.05) is 25.3 Å². The summed E-state index contributed by atoms with van der Waals surface area (Å²) in [6.07, 6.45) is 0. The molecule has 7 nitrogen and oxygen atoms in total. The smallest absolute Gasteiger partial charge is 0.332 e. The lowest BCUT2D eigenvalue weighted by Crippen LogP contribution is -2.39. The minimum atomic E-state index is -0.392. The van der Waals surface area contributed by atoms with Gasteiger partial charge in [-0.25, -0.2) is 9.78 Å². The number of imidazole rings is 1. The molecule has 3 aromatic heterocycles. The number of fused-ring (bicyclic) bond motifs is 2. The molecule has 0 amide bonds. The van der Waals surface area contributed by atoms with E-state index in [4.69, 9.17) is 0 Å². The molecule has 0 radical (unpaired) electrons. The number of rotatable bonds is 2. The summed E-state index contributed by atoms with van der Waals surface area (Å²) < 4.78 is 4.76. The number of halogens is 1. The molecule has 122 valence electrons. The highest BCUT2D eigenvalue weighted by atomic mass is 79.9. The van der Waals surface area contributed by atoms with Crippen molar-refractivity contribution < 1.29 is 0 Å². The van der Waals surface area contributed by atoms with E-state index in [1.807, 2.05) is 30.3 Å². The number of benzene rings is 1. The normalized spacial score (nSPS) is 11.6. The van der Waals surface area contributed by atoms with Gasteiger partial charge in [0.1, 0.15) is 0 Å². The average Bonchev–Trinajstić information content (AvgIpc) is 3.11. The van der Waals surface area contributed by atoms with Crippen LogP contribution in [-0.4, -0.2) is 23.7 Å². The Morgan fingerprint density at radius 2 is 1.92 bits per heavy atom. The molecule has 0 atom stereocenters. The number of aromatic amines is 1. The Balaban J connectivity index is 1.94. The fourth-order valence-corrected chi connectivity index (χ4v) is 3.29. The number of para-hydroxylation sites is 1. The highest BCUT2D eigenvalue weighted by molar-refractivity contribution is 9.10. The Bertz CT molecular complexity index is 1180. The molecule has 0 aliphatic carbocycles. The Hall–Kier alpha value is -2.61. The summed E-state index contributed by atoms with van der Waals surface area (Å²) in [6, 6.07) is 9.78. The lowest BCUT2D eigenvalue weighted by Gasteiger charge is -2.07. The fraction of sp³-hybridized carbons (Fsp3) is 0.188. The second kappa shape index (κ2) is 5.20. The third-order valence-electron chi connectivity index (χ3n) is 4.22. The zero-order valence-electron chi connectivity index (χ0n) is 13.1. The summed E-state index contributed by atoms with van der Waals surface area (Å²) >= 11 is 3.30. The minimum absolute atomic E-state index is 0.179. The number of hydrogen-bond acceptors (Lipinski definition) is 3. The molecule has 0 saturated heterocycles. The highest BCUT2D eigenvalue weighted by Crippen LogP contribution is 2.16. The van der Waals surface area contributed by atoms with Gasteiger partial charge < -0.3 is 9.55 Å². The second-order valence-electron chi connectivity index (χ2n) is 5.73. The summed E-state index contributed by atoms with van der Waals surface area (Å²) in [4.78, 5) is 32.9. The van der Waals surface area contributed by atoms with Gasteiger partial charge in [-0.1, -0.05) is 18.2 Å². The minimum Gasteiger partial charge on any atom is -0.357 e. The topological polar surface area (TPSA) is 77.6 Å². The van der Waals surface area contributed by atoms with Crippen molar-refractivity contribution in [2.45, 2.75) is 6.54 Å². The lowest BCUT2D eigenvalue weighted by molar-refractivity contribution is 0.648. The van der Waals surface area contributed by atoms with Gasteiger partial charge in [-0.3, -0.25) is 13.9 Å². The Morgan fingerprint density at radius 1 is 1.17 bits per heavy atom. The molecule has 0 fully saturated rings. The van der Waals surface area contributed by atoms with Gasteiger partial charge in [0.2, 0.25) is 0 Å². The van der Waals surface area contributed by atoms with Gasteiger partial charge in [0.05, 0.1) is 6.54 Å². The second-order valence-corrected chi connectivity index (χ2v) is 6.44. The van der Waals surface area contributed by atoms with Crippen LogP contribution in [0, 0.1) is 0 Å². The zero-order valence-corrected chi connectivity index (χ0v) is 14.7. The highest BCUT2D eigenvalue weighted by Gasteiger charge is 2.17. The monoisotopic (exact) mass is 387 g/mol. The number of aromatic nitrogens is 5. The maximum absolute atomic E-state index is 12.8. The molecular weight excluding hydrogens is 374 g/mol. The summed E-state index contributed by atoms with van der Waals surface area (Å²) in [6.45, 7) is 0.179. The van der Waals surface area contributed by atoms with E-state index in [0.717, 1.165) is 16.6 Å². The number of nitrogens with one attached hydrogen (secondary N) is 1. The third-order valence-corrected chi connectivity index (χ3v) is 4.93. The molecule has 4 aromatic rings. The number of aryl methyl sites for hydroxylation is 2. The molecule has 0 bridgehead atoms. The molecule has 1 N–H and O–H groups in total. The molecule has 0 unspecified atom stereocenters. The molecule has 1 aromatic carbocycles. The van der Waals surface area contributed by atoms with Crippen LogP contribution in [0.3, 0.4) is 0 Å². The summed E-state index contributed by atoms with van der Waals surface area (Å²) in [5, 5.41) is 1.04. The summed E-state index contributed by atoms with van der Waals surface area (Å²) in [5.74, 6) is 0. The van der Waals surface area contributed by atoms with Crippen LogP contribution in [0.5, 0.6) is 0 Å². The van der Waals surface area contributed by atoms with E-state index in [1.54, 1.807) is 18.7 Å². The van der Waals surface area contributed by atoms with Gasteiger partial charge in [0.25, 0.3) is 5.56 Å². The Labute approximate surface area is 144 Å². The average molecular weight is 388 g/mol. The van der Waals surface area contributed by atoms with E-state index in [2.05, 4.69) is 25.9 Å². The quantitative estimate of drug-likeness (QED) is 0.532. The SMILES string of the molecule is Cn1c(Br)nc2c1c(=O)n(Cc1cc3ccccc3[nH]1)c(=O)n2C. The molecule has 0 saturated carbocycles. The van der Waals surface area contributed by atoms with Crippen molar-refractivity contribution in [3.05, 3.63) is 61.6 Å². The van der Waals surface area contributed by atoms with Gasteiger partial charge in [0.15, 0.2) is 15.9 Å². The van der Waals surface area contributed by atoms with Crippen LogP contribution in [0.1, 0.15) is 5.69 Å². The van der Waals surface area contributed by atoms with Crippen LogP contribution >= 0.6 is 15.9 Å².